The van der Waals surface area contributed by atoms with Crippen LogP contribution in [0.2, 0.25) is 0 Å². The van der Waals surface area contributed by atoms with Gasteiger partial charge in [0, 0.05) is 4.91 Å². The molecule has 0 unspecified atom stereocenters. The standard InChI is InChI=1S/C7H6OS4/c8-3-5-4-11-7(12-5)6-9-1-2-10-6/h1-2,4,8H,3H2. The SMILES string of the molecule is OCC1=CSC(=C2SC=CS2)S1. The lowest BCUT2D eigenvalue weighted by atomic mass is 10.7. The quantitative estimate of drug-likeness (QED) is 0.748. The second-order valence-corrected chi connectivity index (χ2v) is 6.41. The first-order valence-electron chi connectivity index (χ1n) is 3.27. The van der Waals surface area contributed by atoms with Crippen molar-refractivity contribution in [3.63, 3.8) is 0 Å². The Hall–Kier alpha value is 0.580. The Labute approximate surface area is 88.1 Å². The summed E-state index contributed by atoms with van der Waals surface area (Å²) in [5.41, 5.74) is 0. The van der Waals surface area contributed by atoms with Crippen molar-refractivity contribution in [1.82, 2.24) is 0 Å². The zero-order valence-corrected chi connectivity index (χ0v) is 9.29. The molecule has 2 rings (SSSR count). The molecule has 0 bridgehead atoms. The molecule has 5 heteroatoms. The molecular formula is C7H6OS4. The van der Waals surface area contributed by atoms with Crippen LogP contribution in [0.25, 0.3) is 0 Å². The normalized spacial score (nSPS) is 22.2. The summed E-state index contributed by atoms with van der Waals surface area (Å²) in [6, 6.07) is 0. The zero-order valence-electron chi connectivity index (χ0n) is 6.02. The van der Waals surface area contributed by atoms with Gasteiger partial charge >= 0.3 is 0 Å². The minimum Gasteiger partial charge on any atom is -0.391 e. The van der Waals surface area contributed by atoms with Crippen LogP contribution in [0.15, 0.2) is 29.6 Å². The summed E-state index contributed by atoms with van der Waals surface area (Å²) >= 11 is 6.91. The van der Waals surface area contributed by atoms with Crippen molar-refractivity contribution < 1.29 is 5.11 Å². The Morgan fingerprint density at radius 3 is 2.42 bits per heavy atom. The fourth-order valence-corrected chi connectivity index (χ4v) is 5.09. The van der Waals surface area contributed by atoms with Crippen LogP contribution in [-0.4, -0.2) is 11.7 Å². The minimum atomic E-state index is 0.164. The number of hydrogen-bond donors (Lipinski definition) is 1. The average molecular weight is 234 g/mol. The van der Waals surface area contributed by atoms with Gasteiger partial charge < -0.3 is 5.11 Å². The van der Waals surface area contributed by atoms with Crippen molar-refractivity contribution in [3.05, 3.63) is 29.6 Å². The summed E-state index contributed by atoms with van der Waals surface area (Å²) in [4.78, 5) is 1.05. The van der Waals surface area contributed by atoms with E-state index in [9.17, 15) is 0 Å². The first kappa shape index (κ1) is 9.15. The number of thioether (sulfide) groups is 4. The van der Waals surface area contributed by atoms with Gasteiger partial charge in [-0.2, -0.15) is 0 Å². The van der Waals surface area contributed by atoms with E-state index in [2.05, 4.69) is 10.8 Å². The van der Waals surface area contributed by atoms with Crippen LogP contribution in [0.3, 0.4) is 0 Å². The van der Waals surface area contributed by atoms with E-state index in [1.807, 2.05) is 5.41 Å². The van der Waals surface area contributed by atoms with Crippen LogP contribution in [0.5, 0.6) is 0 Å². The molecule has 1 nitrogen and oxygen atoms in total. The summed E-state index contributed by atoms with van der Waals surface area (Å²) in [5, 5.41) is 15.1. The van der Waals surface area contributed by atoms with Gasteiger partial charge in [0.15, 0.2) is 0 Å². The molecule has 1 N–H and O–H groups in total. The molecule has 0 aromatic carbocycles. The molecule has 2 aliphatic rings. The highest BCUT2D eigenvalue weighted by Gasteiger charge is 2.17. The topological polar surface area (TPSA) is 20.2 Å². The molecular weight excluding hydrogens is 228 g/mol. The van der Waals surface area contributed by atoms with Gasteiger partial charge in [-0.3, -0.25) is 0 Å². The van der Waals surface area contributed by atoms with E-state index in [1.54, 1.807) is 47.0 Å². The lowest BCUT2D eigenvalue weighted by Gasteiger charge is -1.99. The maximum absolute atomic E-state index is 8.87. The molecule has 2 aliphatic heterocycles. The second kappa shape index (κ2) is 4.19. The van der Waals surface area contributed by atoms with Gasteiger partial charge in [0.1, 0.15) is 0 Å². The van der Waals surface area contributed by atoms with E-state index in [0.29, 0.717) is 0 Å². The molecule has 0 aromatic heterocycles. The first-order valence-corrected chi connectivity index (χ1v) is 6.72. The van der Waals surface area contributed by atoms with E-state index >= 15 is 0 Å². The molecule has 0 saturated heterocycles. The molecule has 0 aromatic rings. The van der Waals surface area contributed by atoms with Crippen LogP contribution >= 0.6 is 47.0 Å². The maximum Gasteiger partial charge on any atom is 0.0749 e. The molecule has 64 valence electrons. The molecule has 0 aliphatic carbocycles. The molecule has 2 heterocycles. The number of hydrogen-bond acceptors (Lipinski definition) is 5. The third-order valence-electron chi connectivity index (χ3n) is 1.25. The predicted molar refractivity (Wildman–Crippen MR) is 61.7 cm³/mol. The van der Waals surface area contributed by atoms with Crippen molar-refractivity contribution in [2.24, 2.45) is 0 Å². The lowest BCUT2D eigenvalue weighted by Crippen LogP contribution is -1.78. The molecule has 0 spiro atoms. The van der Waals surface area contributed by atoms with Crippen molar-refractivity contribution in [3.8, 4) is 0 Å². The van der Waals surface area contributed by atoms with Gasteiger partial charge in [0.2, 0.25) is 0 Å². The van der Waals surface area contributed by atoms with Crippen LogP contribution in [0, 0.1) is 0 Å². The fourth-order valence-electron chi connectivity index (χ4n) is 0.749. The number of aliphatic hydroxyl groups excluding tert-OH is 1. The fraction of sp³-hybridized carbons (Fsp3) is 0.143. The summed E-state index contributed by atoms with van der Waals surface area (Å²) < 4.78 is 2.64. The monoisotopic (exact) mass is 234 g/mol. The van der Waals surface area contributed by atoms with Gasteiger partial charge in [-0.15, -0.1) is 0 Å². The Bertz CT molecular complexity index is 269. The zero-order chi connectivity index (χ0) is 8.39. The van der Waals surface area contributed by atoms with Crippen LogP contribution in [-0.2, 0) is 0 Å². The van der Waals surface area contributed by atoms with Gasteiger partial charge in [-0.25, -0.2) is 0 Å². The minimum absolute atomic E-state index is 0.164. The largest absolute Gasteiger partial charge is 0.391 e. The Kier molecular flexibility index (Phi) is 3.20. The van der Waals surface area contributed by atoms with E-state index in [1.165, 1.54) is 8.47 Å². The van der Waals surface area contributed by atoms with E-state index in [0.717, 1.165) is 4.91 Å². The molecule has 0 atom stereocenters. The third kappa shape index (κ3) is 1.90. The number of aliphatic hydroxyl groups is 1. The Morgan fingerprint density at radius 1 is 1.08 bits per heavy atom. The van der Waals surface area contributed by atoms with Crippen molar-refractivity contribution in [2.45, 2.75) is 0 Å². The van der Waals surface area contributed by atoms with Crippen LogP contribution < -0.4 is 0 Å². The van der Waals surface area contributed by atoms with Gasteiger partial charge in [-0.1, -0.05) is 47.0 Å². The first-order chi connectivity index (χ1) is 5.90. The molecule has 0 fully saturated rings. The maximum atomic E-state index is 8.87. The van der Waals surface area contributed by atoms with Gasteiger partial charge in [0.25, 0.3) is 0 Å². The third-order valence-corrected chi connectivity index (χ3v) is 6.30. The smallest absolute Gasteiger partial charge is 0.0749 e. The van der Waals surface area contributed by atoms with Crippen molar-refractivity contribution in [2.75, 3.05) is 6.61 Å². The number of rotatable bonds is 1. The molecule has 0 amide bonds. The van der Waals surface area contributed by atoms with Crippen molar-refractivity contribution >= 4 is 47.0 Å². The highest BCUT2D eigenvalue weighted by molar-refractivity contribution is 8.33. The Morgan fingerprint density at radius 2 is 1.83 bits per heavy atom. The molecule has 12 heavy (non-hydrogen) atoms. The van der Waals surface area contributed by atoms with E-state index in [4.69, 9.17) is 5.11 Å². The van der Waals surface area contributed by atoms with Gasteiger partial charge in [-0.05, 0) is 16.2 Å². The highest BCUT2D eigenvalue weighted by Crippen LogP contribution is 2.52. The van der Waals surface area contributed by atoms with Gasteiger partial charge in [0.05, 0.1) is 15.1 Å². The summed E-state index contributed by atoms with van der Waals surface area (Å²) in [5.74, 6) is 0. The second-order valence-electron chi connectivity index (χ2n) is 2.04. The molecule has 0 saturated carbocycles. The summed E-state index contributed by atoms with van der Waals surface area (Å²) in [6.45, 7) is 0.164. The highest BCUT2D eigenvalue weighted by atomic mass is 32.2. The van der Waals surface area contributed by atoms with Crippen molar-refractivity contribution in [1.29, 1.82) is 0 Å². The van der Waals surface area contributed by atoms with E-state index in [-0.39, 0.29) is 6.61 Å². The van der Waals surface area contributed by atoms with Crippen LogP contribution in [0.1, 0.15) is 0 Å². The lowest BCUT2D eigenvalue weighted by molar-refractivity contribution is 0.340. The summed E-state index contributed by atoms with van der Waals surface area (Å²) in [7, 11) is 0. The molecule has 0 radical (unpaired) electrons. The average Bonchev–Trinajstić information content (AvgIpc) is 2.75. The summed E-state index contributed by atoms with van der Waals surface area (Å²) in [6.07, 6.45) is 0. The van der Waals surface area contributed by atoms with Crippen LogP contribution in [0.4, 0.5) is 0 Å². The predicted octanol–water partition coefficient (Wildman–Crippen LogP) is 3.38. The Balaban J connectivity index is 2.06. The van der Waals surface area contributed by atoms with E-state index < -0.39 is 0 Å².